The quantitative estimate of drug-likeness (QED) is 0.382. The normalized spacial score (nSPS) is 14.7. The van der Waals surface area contributed by atoms with Gasteiger partial charge in [-0.1, -0.05) is 0 Å². The largest absolute Gasteiger partial charge is 0.497 e. The zero-order chi connectivity index (χ0) is 22.5. The van der Waals surface area contributed by atoms with Crippen LogP contribution in [0.4, 0.5) is 0 Å². The second kappa shape index (κ2) is 9.73. The molecule has 0 radical (unpaired) electrons. The molecular weight excluding hydrogens is 396 g/mol. The van der Waals surface area contributed by atoms with Crippen LogP contribution >= 0.6 is 0 Å². The molecule has 0 atom stereocenters. The molecule has 1 aromatic heterocycles. The highest BCUT2D eigenvalue weighted by Gasteiger charge is 2.29. The number of Topliss-reactive ketones (excluding diaryl/α,β-unsaturated/α-hetero) is 1. The van der Waals surface area contributed by atoms with E-state index in [0.717, 1.165) is 29.5 Å². The third kappa shape index (κ3) is 4.93. The Morgan fingerprint density at radius 2 is 1.77 bits per heavy atom. The van der Waals surface area contributed by atoms with Crippen LogP contribution in [0.3, 0.4) is 0 Å². The summed E-state index contributed by atoms with van der Waals surface area (Å²) in [5.41, 5.74) is 3.41. The lowest BCUT2D eigenvalue weighted by Gasteiger charge is -2.16. The average Bonchev–Trinajstić information content (AvgIpc) is 3.02. The summed E-state index contributed by atoms with van der Waals surface area (Å²) in [6.07, 6.45) is 4.14. The highest BCUT2D eigenvalue weighted by molar-refractivity contribution is 6.10. The Balaban J connectivity index is 2.15. The first-order valence-corrected chi connectivity index (χ1v) is 10.4. The Hall–Kier alpha value is -3.22. The predicted molar refractivity (Wildman–Crippen MR) is 118 cm³/mol. The van der Waals surface area contributed by atoms with Crippen molar-refractivity contribution < 1.29 is 23.8 Å². The number of benzene rings is 1. The van der Waals surface area contributed by atoms with Crippen molar-refractivity contribution in [3.63, 3.8) is 0 Å². The predicted octanol–water partition coefficient (Wildman–Crippen LogP) is 3.69. The van der Waals surface area contributed by atoms with Gasteiger partial charge in [-0.25, -0.2) is 4.79 Å². The molecule has 0 spiro atoms. The van der Waals surface area contributed by atoms with Gasteiger partial charge in [0.15, 0.2) is 0 Å². The van der Waals surface area contributed by atoms with E-state index < -0.39 is 5.97 Å². The van der Waals surface area contributed by atoms with E-state index in [1.807, 2.05) is 37.3 Å². The third-order valence-corrected chi connectivity index (χ3v) is 5.23. The van der Waals surface area contributed by atoms with E-state index in [9.17, 15) is 9.59 Å². The molecule has 0 saturated carbocycles. The van der Waals surface area contributed by atoms with Crippen molar-refractivity contribution in [2.75, 3.05) is 34.9 Å². The van der Waals surface area contributed by atoms with Crippen molar-refractivity contribution >= 4 is 11.8 Å². The topological polar surface area (TPSA) is 70.0 Å². The van der Waals surface area contributed by atoms with E-state index >= 15 is 0 Å². The number of carbonyl (C=O) groups excluding carboxylic acids is 2. The number of ketones is 1. The highest BCUT2D eigenvalue weighted by atomic mass is 16.5. The van der Waals surface area contributed by atoms with Crippen LogP contribution in [0.25, 0.3) is 0 Å². The number of hydrogen-bond donors (Lipinski definition) is 0. The number of aryl methyl sites for hydroxylation is 1. The fraction of sp³-hybridized carbons (Fsp3) is 0.417. The SMILES string of the molecule is CCOC(=O)c1cc2c(n1Cc1cc(OC)cc(OC)c1)C(=O)C(=CN(C)C)CCC2. The number of ether oxygens (including phenoxy) is 3. The van der Waals surface area contributed by atoms with Crippen molar-refractivity contribution in [3.05, 3.63) is 58.6 Å². The van der Waals surface area contributed by atoms with E-state index in [1.54, 1.807) is 37.8 Å². The first-order valence-electron chi connectivity index (χ1n) is 10.4. The molecule has 7 nitrogen and oxygen atoms in total. The fourth-order valence-electron chi connectivity index (χ4n) is 3.91. The van der Waals surface area contributed by atoms with Gasteiger partial charge in [-0.2, -0.15) is 0 Å². The minimum Gasteiger partial charge on any atom is -0.497 e. The second-order valence-corrected chi connectivity index (χ2v) is 7.73. The molecule has 1 aliphatic carbocycles. The number of hydrogen-bond acceptors (Lipinski definition) is 6. The van der Waals surface area contributed by atoms with Gasteiger partial charge in [0.1, 0.15) is 17.2 Å². The lowest BCUT2D eigenvalue weighted by Crippen LogP contribution is -2.19. The molecule has 0 N–H and O–H groups in total. The third-order valence-electron chi connectivity index (χ3n) is 5.23. The summed E-state index contributed by atoms with van der Waals surface area (Å²) in [6, 6.07) is 7.35. The summed E-state index contributed by atoms with van der Waals surface area (Å²) in [6.45, 7) is 2.35. The smallest absolute Gasteiger partial charge is 0.354 e. The minimum absolute atomic E-state index is 0.0494. The van der Waals surface area contributed by atoms with E-state index in [4.69, 9.17) is 14.2 Å². The molecule has 1 aromatic carbocycles. The van der Waals surface area contributed by atoms with Crippen molar-refractivity contribution in [1.82, 2.24) is 9.47 Å². The van der Waals surface area contributed by atoms with E-state index in [0.29, 0.717) is 35.9 Å². The van der Waals surface area contributed by atoms with Gasteiger partial charge in [0.2, 0.25) is 5.78 Å². The Morgan fingerprint density at radius 3 is 2.35 bits per heavy atom. The van der Waals surface area contributed by atoms with Crippen LogP contribution in [-0.4, -0.2) is 56.1 Å². The van der Waals surface area contributed by atoms with Crippen LogP contribution in [0.2, 0.25) is 0 Å². The van der Waals surface area contributed by atoms with Gasteiger partial charge < -0.3 is 23.7 Å². The number of esters is 1. The van der Waals surface area contributed by atoms with Crippen molar-refractivity contribution in [3.8, 4) is 11.5 Å². The van der Waals surface area contributed by atoms with Crippen LogP contribution < -0.4 is 9.47 Å². The maximum absolute atomic E-state index is 13.5. The minimum atomic E-state index is -0.434. The number of allylic oxidation sites excluding steroid dienone is 1. The van der Waals surface area contributed by atoms with Crippen molar-refractivity contribution in [2.45, 2.75) is 32.7 Å². The van der Waals surface area contributed by atoms with E-state index in [2.05, 4.69) is 0 Å². The molecule has 2 aromatic rings. The molecule has 31 heavy (non-hydrogen) atoms. The van der Waals surface area contributed by atoms with Gasteiger partial charge >= 0.3 is 5.97 Å². The maximum Gasteiger partial charge on any atom is 0.354 e. The Bertz CT molecular complexity index is 981. The van der Waals surface area contributed by atoms with Gasteiger partial charge in [-0.3, -0.25) is 4.79 Å². The van der Waals surface area contributed by atoms with Crippen LogP contribution in [0.1, 0.15) is 51.9 Å². The summed E-state index contributed by atoms with van der Waals surface area (Å²) in [4.78, 5) is 28.1. The molecule has 0 saturated heterocycles. The maximum atomic E-state index is 13.5. The number of carbonyl (C=O) groups is 2. The van der Waals surface area contributed by atoms with E-state index in [-0.39, 0.29) is 12.4 Å². The van der Waals surface area contributed by atoms with Crippen LogP contribution in [0.15, 0.2) is 36.0 Å². The highest BCUT2D eigenvalue weighted by Crippen LogP contribution is 2.30. The summed E-state index contributed by atoms with van der Waals surface area (Å²) in [5.74, 6) is 0.803. The molecule has 7 heteroatoms. The molecule has 0 aliphatic heterocycles. The Labute approximate surface area is 183 Å². The summed E-state index contributed by atoms with van der Waals surface area (Å²) in [7, 11) is 6.98. The average molecular weight is 427 g/mol. The molecular formula is C24H30N2O5. The van der Waals surface area contributed by atoms with Gasteiger partial charge in [0.05, 0.1) is 26.5 Å². The lowest BCUT2D eigenvalue weighted by molar-refractivity contribution is 0.0514. The Morgan fingerprint density at radius 1 is 1.10 bits per heavy atom. The summed E-state index contributed by atoms with van der Waals surface area (Å²) >= 11 is 0. The number of nitrogens with zero attached hydrogens (tertiary/aromatic N) is 2. The van der Waals surface area contributed by atoms with Crippen molar-refractivity contribution in [1.29, 1.82) is 0 Å². The summed E-state index contributed by atoms with van der Waals surface area (Å²) < 4.78 is 17.8. The van der Waals surface area contributed by atoms with Gasteiger partial charge in [-0.05, 0) is 55.5 Å². The van der Waals surface area contributed by atoms with Crippen LogP contribution in [0, 0.1) is 0 Å². The molecule has 1 heterocycles. The molecule has 0 amide bonds. The number of aromatic nitrogens is 1. The molecule has 0 fully saturated rings. The van der Waals surface area contributed by atoms with E-state index in [1.165, 1.54) is 0 Å². The zero-order valence-corrected chi connectivity index (χ0v) is 18.9. The molecule has 3 rings (SSSR count). The fourth-order valence-corrected chi connectivity index (χ4v) is 3.91. The first kappa shape index (κ1) is 22.5. The van der Waals surface area contributed by atoms with Crippen molar-refractivity contribution in [2.24, 2.45) is 0 Å². The first-order chi connectivity index (χ1) is 14.9. The molecule has 0 bridgehead atoms. The van der Waals surface area contributed by atoms with Gasteiger partial charge in [0, 0.05) is 38.5 Å². The molecule has 166 valence electrons. The lowest BCUT2D eigenvalue weighted by atomic mass is 10.1. The monoisotopic (exact) mass is 426 g/mol. The second-order valence-electron chi connectivity index (χ2n) is 7.73. The molecule has 1 aliphatic rings. The number of rotatable bonds is 7. The number of fused-ring (bicyclic) bond motifs is 1. The zero-order valence-electron chi connectivity index (χ0n) is 18.9. The number of methoxy groups -OCH3 is 2. The Kier molecular flexibility index (Phi) is 7.05. The summed E-state index contributed by atoms with van der Waals surface area (Å²) in [5, 5.41) is 0. The van der Waals surface area contributed by atoms with Gasteiger partial charge in [-0.15, -0.1) is 0 Å². The standard InChI is InChI=1S/C24H30N2O5/c1-6-31-24(28)21-12-17-8-7-9-18(15-25(2)3)23(27)22(17)26(21)14-16-10-19(29-4)13-20(11-16)30-5/h10-13,15H,6-9,14H2,1-5H3. The van der Waals surface area contributed by atoms with Crippen LogP contribution in [0.5, 0.6) is 11.5 Å². The van der Waals surface area contributed by atoms with Gasteiger partial charge in [0.25, 0.3) is 0 Å². The molecule has 0 unspecified atom stereocenters. The van der Waals surface area contributed by atoms with Crippen LogP contribution in [-0.2, 0) is 17.7 Å².